The predicted octanol–water partition coefficient (Wildman–Crippen LogP) is 6.11. The fourth-order valence-corrected chi connectivity index (χ4v) is 6.53. The zero-order chi connectivity index (χ0) is 29.0. The molecule has 10 heteroatoms. The maximum absolute atomic E-state index is 15.9. The highest BCUT2D eigenvalue weighted by atomic mass is 35.5. The Bertz CT molecular complexity index is 1510. The van der Waals surface area contributed by atoms with E-state index in [-0.39, 0.29) is 21.9 Å². The maximum Gasteiger partial charge on any atom is 0.242 e. The first-order chi connectivity index (χ1) is 18.9. The summed E-state index contributed by atoms with van der Waals surface area (Å²) < 4.78 is 21.3. The molecule has 5 N–H and O–H groups in total. The molecule has 0 saturated carbocycles. The number of nitrogen functional groups attached to an aromatic ring is 1. The highest BCUT2D eigenvalue weighted by Crippen LogP contribution is 2.57. The smallest absolute Gasteiger partial charge is 0.242 e. The Balaban J connectivity index is 1.72. The van der Waals surface area contributed by atoms with Crippen molar-refractivity contribution >= 4 is 52.1 Å². The second-order valence-corrected chi connectivity index (χ2v) is 12.4. The lowest BCUT2D eigenvalue weighted by atomic mass is 9.62. The van der Waals surface area contributed by atoms with Crippen LogP contribution < -0.4 is 26.4 Å². The second kappa shape index (κ2) is 10.3. The molecule has 0 radical (unpaired) electrons. The van der Waals surface area contributed by atoms with Crippen molar-refractivity contribution in [3.8, 4) is 5.75 Å². The van der Waals surface area contributed by atoms with Crippen LogP contribution in [0.2, 0.25) is 10.0 Å². The van der Waals surface area contributed by atoms with E-state index in [1.54, 1.807) is 48.5 Å². The Morgan fingerprint density at radius 1 is 1.15 bits per heavy atom. The van der Waals surface area contributed by atoms with E-state index in [1.165, 1.54) is 13.2 Å². The largest absolute Gasteiger partial charge is 0.494 e. The highest BCUT2D eigenvalue weighted by molar-refractivity contribution is 6.31. The Labute approximate surface area is 242 Å². The number of rotatable bonds is 5. The van der Waals surface area contributed by atoms with Gasteiger partial charge in [0.2, 0.25) is 11.8 Å². The van der Waals surface area contributed by atoms with E-state index in [4.69, 9.17) is 33.7 Å². The Morgan fingerprint density at radius 3 is 2.60 bits per heavy atom. The molecule has 2 aliphatic heterocycles. The summed E-state index contributed by atoms with van der Waals surface area (Å²) in [7, 11) is 1.47. The lowest BCUT2D eigenvalue weighted by Gasteiger charge is -2.37. The molecule has 3 aromatic carbocycles. The molecule has 1 spiro atoms. The van der Waals surface area contributed by atoms with Crippen molar-refractivity contribution < 1.29 is 18.7 Å². The Morgan fingerprint density at radius 2 is 1.90 bits per heavy atom. The van der Waals surface area contributed by atoms with Crippen molar-refractivity contribution in [3.63, 3.8) is 0 Å². The van der Waals surface area contributed by atoms with Crippen molar-refractivity contribution in [1.82, 2.24) is 5.32 Å². The number of nitrogens with one attached hydrogen (secondary N) is 3. The van der Waals surface area contributed by atoms with Crippen LogP contribution in [0.4, 0.5) is 21.5 Å². The Hall–Kier alpha value is -3.33. The van der Waals surface area contributed by atoms with Gasteiger partial charge in [-0.2, -0.15) is 0 Å². The van der Waals surface area contributed by atoms with Gasteiger partial charge in [0.05, 0.1) is 23.9 Å². The molecule has 4 atom stereocenters. The minimum atomic E-state index is -1.34. The van der Waals surface area contributed by atoms with Gasteiger partial charge in [-0.15, -0.1) is 0 Å². The summed E-state index contributed by atoms with van der Waals surface area (Å²) in [5.74, 6) is -2.06. The fourth-order valence-electron chi connectivity index (χ4n) is 6.17. The summed E-state index contributed by atoms with van der Waals surface area (Å²) in [6.07, 6.45) is 0.510. The first-order valence-corrected chi connectivity index (χ1v) is 13.7. The highest BCUT2D eigenvalue weighted by Gasteiger charge is 2.66. The van der Waals surface area contributed by atoms with Crippen LogP contribution in [0.5, 0.6) is 5.75 Å². The van der Waals surface area contributed by atoms with Gasteiger partial charge in [-0.25, -0.2) is 4.39 Å². The first-order valence-electron chi connectivity index (χ1n) is 12.9. The van der Waals surface area contributed by atoms with Crippen molar-refractivity contribution in [3.05, 3.63) is 81.6 Å². The lowest BCUT2D eigenvalue weighted by molar-refractivity contribution is -0.122. The van der Waals surface area contributed by atoms with Crippen LogP contribution in [-0.4, -0.2) is 31.0 Å². The summed E-state index contributed by atoms with van der Waals surface area (Å²) in [5, 5.41) is 9.68. The molecule has 3 aromatic rings. The van der Waals surface area contributed by atoms with Gasteiger partial charge in [0.25, 0.3) is 0 Å². The Kier molecular flexibility index (Phi) is 7.23. The number of anilines is 3. The monoisotopic (exact) mass is 584 g/mol. The molecule has 5 rings (SSSR count). The minimum Gasteiger partial charge on any atom is -0.494 e. The minimum absolute atomic E-state index is 0.0963. The second-order valence-electron chi connectivity index (χ2n) is 11.5. The summed E-state index contributed by atoms with van der Waals surface area (Å²) in [6.45, 7) is 6.17. The molecule has 0 aromatic heterocycles. The molecular weight excluding hydrogens is 554 g/mol. The van der Waals surface area contributed by atoms with E-state index < -0.39 is 35.1 Å². The van der Waals surface area contributed by atoms with Crippen LogP contribution in [0.15, 0.2) is 54.6 Å². The average molecular weight is 586 g/mol. The standard InChI is InChI=1S/C30H31Cl2FN4O3/c1-29(2,3)14-23-30(18-10-8-15(31)12-21(18)36-28(30)39)24(17-6-5-7-19(32)25(17)33)26(37-23)27(38)35-20-11-9-16(34)13-22(20)40-4/h5-13,23-24,26,37H,14,34H2,1-4H3,(H,35,38)(H,36,39). The SMILES string of the molecule is COc1cc(N)ccc1NC(=O)C1NC(CC(C)(C)C)C2(C(=O)Nc3cc(Cl)ccc32)C1c1cccc(Cl)c1F. The third-order valence-electron chi connectivity index (χ3n) is 7.70. The van der Waals surface area contributed by atoms with Crippen LogP contribution >= 0.6 is 23.2 Å². The molecule has 2 amide bonds. The number of halogens is 3. The van der Waals surface area contributed by atoms with Gasteiger partial charge in [-0.1, -0.05) is 62.2 Å². The number of carbonyl (C=O) groups is 2. The van der Waals surface area contributed by atoms with Gasteiger partial charge in [0.1, 0.15) is 17.0 Å². The first kappa shape index (κ1) is 28.2. The van der Waals surface area contributed by atoms with Crippen LogP contribution in [0.3, 0.4) is 0 Å². The van der Waals surface area contributed by atoms with Crippen molar-refractivity contribution in [2.24, 2.45) is 5.41 Å². The maximum atomic E-state index is 15.9. The number of ether oxygens (including phenoxy) is 1. The van der Waals surface area contributed by atoms with E-state index in [0.717, 1.165) is 0 Å². The summed E-state index contributed by atoms with van der Waals surface area (Å²) >= 11 is 12.5. The summed E-state index contributed by atoms with van der Waals surface area (Å²) in [5.41, 5.74) is 6.52. The number of methoxy groups -OCH3 is 1. The van der Waals surface area contributed by atoms with E-state index in [2.05, 4.69) is 36.7 Å². The fraction of sp³-hybridized carbons (Fsp3) is 0.333. The molecule has 0 bridgehead atoms. The van der Waals surface area contributed by atoms with Gasteiger partial charge in [-0.3, -0.25) is 9.59 Å². The van der Waals surface area contributed by atoms with E-state index in [0.29, 0.717) is 39.8 Å². The quantitative estimate of drug-likeness (QED) is 0.271. The third kappa shape index (κ3) is 4.68. The number of benzene rings is 3. The lowest BCUT2D eigenvalue weighted by Crippen LogP contribution is -2.49. The average Bonchev–Trinajstić information content (AvgIpc) is 3.35. The number of fused-ring (bicyclic) bond motifs is 2. The number of nitrogens with two attached hydrogens (primary N) is 1. The van der Waals surface area contributed by atoms with Crippen LogP contribution in [0.25, 0.3) is 0 Å². The molecule has 4 unspecified atom stereocenters. The summed E-state index contributed by atoms with van der Waals surface area (Å²) in [6, 6.07) is 13.1. The summed E-state index contributed by atoms with van der Waals surface area (Å²) in [4.78, 5) is 28.3. The molecular formula is C30H31Cl2FN4O3. The molecule has 1 fully saturated rings. The number of carbonyl (C=O) groups excluding carboxylic acids is 2. The molecule has 7 nitrogen and oxygen atoms in total. The third-order valence-corrected chi connectivity index (χ3v) is 8.23. The zero-order valence-electron chi connectivity index (χ0n) is 22.6. The van der Waals surface area contributed by atoms with Gasteiger partial charge in [0, 0.05) is 34.4 Å². The molecule has 0 aliphatic carbocycles. The topological polar surface area (TPSA) is 105 Å². The zero-order valence-corrected chi connectivity index (χ0v) is 24.1. The van der Waals surface area contributed by atoms with E-state index in [1.807, 2.05) is 0 Å². The molecule has 2 heterocycles. The van der Waals surface area contributed by atoms with Gasteiger partial charge < -0.3 is 26.4 Å². The molecule has 40 heavy (non-hydrogen) atoms. The van der Waals surface area contributed by atoms with Crippen LogP contribution in [0.1, 0.15) is 44.2 Å². The van der Waals surface area contributed by atoms with Crippen LogP contribution in [0, 0.1) is 11.2 Å². The van der Waals surface area contributed by atoms with E-state index in [9.17, 15) is 9.59 Å². The van der Waals surface area contributed by atoms with E-state index >= 15 is 4.39 Å². The van der Waals surface area contributed by atoms with Crippen molar-refractivity contribution in [2.45, 2.75) is 50.6 Å². The number of amides is 2. The van der Waals surface area contributed by atoms with Crippen LogP contribution in [-0.2, 0) is 15.0 Å². The number of hydrogen-bond donors (Lipinski definition) is 4. The number of hydrogen-bond acceptors (Lipinski definition) is 5. The molecule has 1 saturated heterocycles. The van der Waals surface area contributed by atoms with Crippen molar-refractivity contribution in [1.29, 1.82) is 0 Å². The predicted molar refractivity (Wildman–Crippen MR) is 157 cm³/mol. The molecule has 210 valence electrons. The van der Waals surface area contributed by atoms with Gasteiger partial charge in [-0.05, 0) is 53.3 Å². The molecule has 2 aliphatic rings. The van der Waals surface area contributed by atoms with Gasteiger partial charge in [0.15, 0.2) is 0 Å². The van der Waals surface area contributed by atoms with Gasteiger partial charge >= 0.3 is 0 Å². The normalized spacial score (nSPS) is 23.7. The van der Waals surface area contributed by atoms with Crippen molar-refractivity contribution in [2.75, 3.05) is 23.5 Å².